The molecule has 10 N–H and O–H groups in total. The highest BCUT2D eigenvalue weighted by Gasteiger charge is 2.65. The minimum absolute atomic E-state index is 0.115. The Morgan fingerprint density at radius 1 is 0.953 bits per heavy atom. The molecule has 43 heavy (non-hydrogen) atoms. The molecule has 1 aromatic rings. The maximum absolute atomic E-state index is 13.3. The highest BCUT2D eigenvalue weighted by atomic mass is 32.2. The van der Waals surface area contributed by atoms with Gasteiger partial charge < -0.3 is 42.9 Å². The third-order valence-electron chi connectivity index (χ3n) is 5.77. The topological polar surface area (TPSA) is 268 Å². The maximum atomic E-state index is 13.3. The van der Waals surface area contributed by atoms with E-state index < -0.39 is 72.1 Å². The Hall–Kier alpha value is -4.30. The summed E-state index contributed by atoms with van der Waals surface area (Å²) < 4.78 is 39.9. The molecule has 16 nitrogen and oxygen atoms in total. The standard InChI is InChI=1S/C23H29F3N8O8S/c24-23(25,26)22(33-34-22)12-3-1-11(2-4-12)18(20(40)30-10-27)32-16(36)9-43-8-14(19(39)29-7-17(37)38)31-15(35)6-5-13(28)21(41)42/h1-4,13-14,18H,5-10,27-28H2,(H,29,39)(H,30,40)(H,31,35)(H,32,36)(H,37,38)(H,41,42). The van der Waals surface area contributed by atoms with E-state index in [2.05, 4.69) is 31.5 Å². The van der Waals surface area contributed by atoms with Crippen LogP contribution in [0.25, 0.3) is 0 Å². The van der Waals surface area contributed by atoms with Crippen LogP contribution in [0.1, 0.15) is 30.0 Å². The molecule has 0 spiro atoms. The monoisotopic (exact) mass is 634 g/mol. The van der Waals surface area contributed by atoms with Gasteiger partial charge in [-0.05, 0) is 12.0 Å². The van der Waals surface area contributed by atoms with E-state index in [0.29, 0.717) is 0 Å². The average molecular weight is 635 g/mol. The molecule has 1 heterocycles. The number of nitrogens with one attached hydrogen (secondary N) is 4. The molecule has 3 unspecified atom stereocenters. The summed E-state index contributed by atoms with van der Waals surface area (Å²) in [5, 5.41) is 33.0. The molecule has 2 rings (SSSR count). The first-order valence-corrected chi connectivity index (χ1v) is 13.5. The fraction of sp³-hybridized carbons (Fsp3) is 0.478. The SMILES string of the molecule is NCNC(=O)C(NC(=O)CSCC(NC(=O)CCC(N)C(=O)O)C(=O)NCC(=O)O)c1ccc(C2(C(F)(F)F)N=N2)cc1. The van der Waals surface area contributed by atoms with Crippen molar-refractivity contribution in [2.24, 2.45) is 21.7 Å². The van der Waals surface area contributed by atoms with Crippen molar-refractivity contribution in [2.45, 2.75) is 42.8 Å². The Morgan fingerprint density at radius 2 is 1.58 bits per heavy atom. The number of hydrogen-bond acceptors (Lipinski definition) is 11. The van der Waals surface area contributed by atoms with Crippen molar-refractivity contribution < 1.29 is 52.2 Å². The van der Waals surface area contributed by atoms with Gasteiger partial charge in [-0.3, -0.25) is 28.8 Å². The van der Waals surface area contributed by atoms with Gasteiger partial charge in [0.15, 0.2) is 0 Å². The van der Waals surface area contributed by atoms with Gasteiger partial charge in [0.25, 0.3) is 0 Å². The van der Waals surface area contributed by atoms with Crippen LogP contribution in [0, 0.1) is 0 Å². The van der Waals surface area contributed by atoms with Crippen LogP contribution in [0.15, 0.2) is 34.5 Å². The number of carboxylic acids is 2. The Kier molecular flexibility index (Phi) is 12.4. The number of alkyl halides is 3. The first-order chi connectivity index (χ1) is 20.1. The van der Waals surface area contributed by atoms with Crippen molar-refractivity contribution in [1.29, 1.82) is 0 Å². The molecule has 4 amide bonds. The number of carbonyl (C=O) groups is 6. The van der Waals surface area contributed by atoms with Crippen LogP contribution in [0.4, 0.5) is 13.2 Å². The first-order valence-electron chi connectivity index (χ1n) is 12.3. The van der Waals surface area contributed by atoms with Gasteiger partial charge in [0.1, 0.15) is 24.7 Å². The Morgan fingerprint density at radius 3 is 2.09 bits per heavy atom. The van der Waals surface area contributed by atoms with E-state index in [4.69, 9.17) is 21.7 Å². The number of rotatable bonds is 17. The molecule has 0 aromatic heterocycles. The highest BCUT2D eigenvalue weighted by Crippen LogP contribution is 2.52. The third-order valence-corrected chi connectivity index (χ3v) is 6.80. The minimum atomic E-state index is -4.76. The second kappa shape index (κ2) is 15.3. The van der Waals surface area contributed by atoms with Gasteiger partial charge in [-0.15, -0.1) is 22.0 Å². The van der Waals surface area contributed by atoms with E-state index in [1.54, 1.807) is 0 Å². The van der Waals surface area contributed by atoms with Crippen LogP contribution in [0.5, 0.6) is 0 Å². The Balaban J connectivity index is 2.05. The van der Waals surface area contributed by atoms with Crippen LogP contribution in [0.2, 0.25) is 0 Å². The van der Waals surface area contributed by atoms with E-state index in [-0.39, 0.29) is 42.1 Å². The van der Waals surface area contributed by atoms with Gasteiger partial charge in [-0.2, -0.15) is 13.2 Å². The van der Waals surface area contributed by atoms with E-state index in [1.807, 2.05) is 0 Å². The maximum Gasteiger partial charge on any atom is 0.442 e. The van der Waals surface area contributed by atoms with E-state index in [9.17, 15) is 41.9 Å². The van der Waals surface area contributed by atoms with Crippen molar-refractivity contribution in [1.82, 2.24) is 21.3 Å². The fourth-order valence-corrected chi connectivity index (χ4v) is 4.33. The lowest BCUT2D eigenvalue weighted by Crippen LogP contribution is -2.49. The molecule has 3 atom stereocenters. The van der Waals surface area contributed by atoms with Gasteiger partial charge in [-0.25, -0.2) is 0 Å². The second-order valence-electron chi connectivity index (χ2n) is 8.97. The molecule has 236 valence electrons. The summed E-state index contributed by atoms with van der Waals surface area (Å²) in [6.07, 6.45) is -5.36. The molecular formula is C23H29F3N8O8S. The number of halogens is 3. The smallest absolute Gasteiger partial charge is 0.442 e. The molecule has 1 aromatic carbocycles. The van der Waals surface area contributed by atoms with Crippen LogP contribution < -0.4 is 32.7 Å². The number of nitrogens with zero attached hydrogens (tertiary/aromatic N) is 2. The van der Waals surface area contributed by atoms with Gasteiger partial charge in [0.2, 0.25) is 23.6 Å². The predicted octanol–water partition coefficient (Wildman–Crippen LogP) is -1.33. The summed E-state index contributed by atoms with van der Waals surface area (Å²) in [6.45, 7) is -1.07. The van der Waals surface area contributed by atoms with Crippen molar-refractivity contribution in [3.8, 4) is 0 Å². The van der Waals surface area contributed by atoms with Crippen molar-refractivity contribution in [2.75, 3.05) is 24.7 Å². The molecule has 20 heteroatoms. The predicted molar refractivity (Wildman–Crippen MR) is 142 cm³/mol. The van der Waals surface area contributed by atoms with Crippen molar-refractivity contribution in [3.05, 3.63) is 35.4 Å². The third kappa shape index (κ3) is 10.2. The number of amides is 4. The number of benzene rings is 1. The van der Waals surface area contributed by atoms with Crippen LogP contribution >= 0.6 is 11.8 Å². The minimum Gasteiger partial charge on any atom is -0.480 e. The lowest BCUT2D eigenvalue weighted by Gasteiger charge is -2.21. The molecule has 0 bridgehead atoms. The number of nitrogens with two attached hydrogens (primary N) is 2. The zero-order valence-electron chi connectivity index (χ0n) is 22.2. The lowest BCUT2D eigenvalue weighted by molar-refractivity contribution is -0.166. The van der Waals surface area contributed by atoms with Gasteiger partial charge >= 0.3 is 23.8 Å². The normalized spacial score (nSPS) is 15.4. The molecule has 1 aliphatic rings. The van der Waals surface area contributed by atoms with E-state index in [1.165, 1.54) is 12.1 Å². The summed E-state index contributed by atoms with van der Waals surface area (Å²) in [6, 6.07) is 0.497. The van der Waals surface area contributed by atoms with Crippen molar-refractivity contribution >= 4 is 47.3 Å². The van der Waals surface area contributed by atoms with Crippen LogP contribution in [-0.4, -0.2) is 88.8 Å². The van der Waals surface area contributed by atoms with E-state index in [0.717, 1.165) is 23.9 Å². The summed E-state index contributed by atoms with van der Waals surface area (Å²) in [7, 11) is 0. The zero-order chi connectivity index (χ0) is 32.4. The van der Waals surface area contributed by atoms with E-state index >= 15 is 0 Å². The fourth-order valence-electron chi connectivity index (χ4n) is 3.47. The van der Waals surface area contributed by atoms with Crippen LogP contribution in [0.3, 0.4) is 0 Å². The molecule has 0 radical (unpaired) electrons. The molecule has 0 aliphatic carbocycles. The quantitative estimate of drug-likeness (QED) is 0.0930. The van der Waals surface area contributed by atoms with Gasteiger partial charge in [-0.1, -0.05) is 24.3 Å². The molecular weight excluding hydrogens is 605 g/mol. The van der Waals surface area contributed by atoms with Crippen molar-refractivity contribution in [3.63, 3.8) is 0 Å². The summed E-state index contributed by atoms with van der Waals surface area (Å²) in [5.41, 5.74) is 7.85. The number of carbonyl (C=O) groups excluding carboxylic acids is 4. The highest BCUT2D eigenvalue weighted by molar-refractivity contribution is 8.00. The second-order valence-corrected chi connectivity index (χ2v) is 10.00. The number of thioether (sulfide) groups is 1. The number of carboxylic acid groups (broad SMARTS) is 2. The Labute approximate surface area is 245 Å². The number of hydrogen-bond donors (Lipinski definition) is 8. The lowest BCUT2D eigenvalue weighted by atomic mass is 9.98. The van der Waals surface area contributed by atoms with Crippen LogP contribution in [-0.2, 0) is 34.4 Å². The molecule has 0 saturated heterocycles. The molecule has 0 saturated carbocycles. The molecule has 1 aliphatic heterocycles. The number of aliphatic carboxylic acids is 2. The summed E-state index contributed by atoms with van der Waals surface area (Å²) >= 11 is 0.822. The largest absolute Gasteiger partial charge is 0.480 e. The van der Waals surface area contributed by atoms with Gasteiger partial charge in [0, 0.05) is 17.7 Å². The Bertz CT molecular complexity index is 1240. The first kappa shape index (κ1) is 34.9. The summed E-state index contributed by atoms with van der Waals surface area (Å²) in [4.78, 5) is 71.5. The summed E-state index contributed by atoms with van der Waals surface area (Å²) in [5.74, 6) is -6.46. The average Bonchev–Trinajstić information content (AvgIpc) is 3.75. The van der Waals surface area contributed by atoms with Gasteiger partial charge in [0.05, 0.1) is 12.4 Å². The zero-order valence-corrected chi connectivity index (χ0v) is 23.0. The molecule has 0 fully saturated rings.